The fraction of sp³-hybridized carbons (Fsp3) is 0.0769. The number of aromatic nitrogens is 1. The molecule has 0 aliphatic carbocycles. The molecule has 0 saturated heterocycles. The van der Waals surface area contributed by atoms with Gasteiger partial charge in [-0.05, 0) is 47.4 Å². The van der Waals surface area contributed by atoms with Gasteiger partial charge in [0.2, 0.25) is 0 Å². The number of benzene rings is 3. The Morgan fingerprint density at radius 1 is 0.828 bits per heavy atom. The minimum atomic E-state index is -0.0287. The van der Waals surface area contributed by atoms with E-state index in [2.05, 4.69) is 29.2 Å². The number of carbonyl (C=O) groups is 1. The molecule has 29 heavy (non-hydrogen) atoms. The van der Waals surface area contributed by atoms with Gasteiger partial charge >= 0.3 is 0 Å². The quantitative estimate of drug-likeness (QED) is 0.433. The van der Waals surface area contributed by atoms with Crippen LogP contribution in [0, 0.1) is 6.92 Å². The van der Waals surface area contributed by atoms with E-state index in [1.807, 2.05) is 72.5 Å². The molecule has 0 radical (unpaired) electrons. The van der Waals surface area contributed by atoms with Crippen LogP contribution in [0.4, 0.5) is 5.69 Å². The topological polar surface area (TPSA) is 33.2 Å². The molecule has 3 heteroatoms. The second kappa shape index (κ2) is 8.53. The van der Waals surface area contributed by atoms with Crippen molar-refractivity contribution >= 4 is 11.6 Å². The SMILES string of the molecule is Cc1cnccc1C(=O)N(Cc1ccccc1-c1ccccc1)c1ccccc1. The average molecular weight is 378 g/mol. The van der Waals surface area contributed by atoms with Gasteiger partial charge in [-0.25, -0.2) is 0 Å². The first-order chi connectivity index (χ1) is 14.2. The van der Waals surface area contributed by atoms with Gasteiger partial charge in [0.05, 0.1) is 6.54 Å². The molecule has 0 unspecified atom stereocenters. The molecule has 0 atom stereocenters. The van der Waals surface area contributed by atoms with Crippen molar-refractivity contribution in [3.8, 4) is 11.1 Å². The zero-order valence-corrected chi connectivity index (χ0v) is 16.3. The highest BCUT2D eigenvalue weighted by Gasteiger charge is 2.21. The zero-order valence-electron chi connectivity index (χ0n) is 16.3. The van der Waals surface area contributed by atoms with Crippen LogP contribution in [0.5, 0.6) is 0 Å². The monoisotopic (exact) mass is 378 g/mol. The molecule has 0 N–H and O–H groups in total. The van der Waals surface area contributed by atoms with Crippen molar-refractivity contribution in [2.45, 2.75) is 13.5 Å². The maximum absolute atomic E-state index is 13.5. The van der Waals surface area contributed by atoms with E-state index in [4.69, 9.17) is 0 Å². The molecule has 1 amide bonds. The van der Waals surface area contributed by atoms with E-state index in [0.29, 0.717) is 12.1 Å². The van der Waals surface area contributed by atoms with Crippen molar-refractivity contribution in [3.05, 3.63) is 120 Å². The van der Waals surface area contributed by atoms with Crippen molar-refractivity contribution in [1.82, 2.24) is 4.98 Å². The van der Waals surface area contributed by atoms with E-state index >= 15 is 0 Å². The molecular formula is C26H22N2O. The number of rotatable bonds is 5. The molecule has 0 saturated carbocycles. The van der Waals surface area contributed by atoms with Crippen LogP contribution in [0.2, 0.25) is 0 Å². The molecular weight excluding hydrogens is 356 g/mol. The number of amides is 1. The highest BCUT2D eigenvalue weighted by molar-refractivity contribution is 6.07. The summed E-state index contributed by atoms with van der Waals surface area (Å²) in [7, 11) is 0. The van der Waals surface area contributed by atoms with Gasteiger partial charge in [0, 0.05) is 23.6 Å². The van der Waals surface area contributed by atoms with E-state index < -0.39 is 0 Å². The number of nitrogens with zero attached hydrogens (tertiary/aromatic N) is 2. The Labute approximate surface area is 171 Å². The number of hydrogen-bond acceptors (Lipinski definition) is 2. The zero-order chi connectivity index (χ0) is 20.1. The Bertz CT molecular complexity index is 1110. The number of carbonyl (C=O) groups excluding carboxylic acids is 1. The number of pyridine rings is 1. The second-order valence-electron chi connectivity index (χ2n) is 6.94. The van der Waals surface area contributed by atoms with E-state index in [-0.39, 0.29) is 5.91 Å². The van der Waals surface area contributed by atoms with E-state index in [1.165, 1.54) is 0 Å². The minimum absolute atomic E-state index is 0.0287. The fourth-order valence-corrected chi connectivity index (χ4v) is 3.47. The lowest BCUT2D eigenvalue weighted by Gasteiger charge is -2.25. The van der Waals surface area contributed by atoms with Crippen molar-refractivity contribution in [1.29, 1.82) is 0 Å². The second-order valence-corrected chi connectivity index (χ2v) is 6.94. The maximum Gasteiger partial charge on any atom is 0.258 e. The van der Waals surface area contributed by atoms with Crippen molar-refractivity contribution in [3.63, 3.8) is 0 Å². The van der Waals surface area contributed by atoms with Gasteiger partial charge in [-0.15, -0.1) is 0 Å². The van der Waals surface area contributed by atoms with Gasteiger partial charge in [-0.3, -0.25) is 9.78 Å². The van der Waals surface area contributed by atoms with Crippen molar-refractivity contribution in [2.24, 2.45) is 0 Å². The Morgan fingerprint density at radius 2 is 1.48 bits per heavy atom. The molecule has 3 nitrogen and oxygen atoms in total. The molecule has 0 spiro atoms. The Balaban J connectivity index is 1.77. The Hall–Kier alpha value is -3.72. The number of aryl methyl sites for hydroxylation is 1. The summed E-state index contributed by atoms with van der Waals surface area (Å²) in [4.78, 5) is 19.5. The summed E-state index contributed by atoms with van der Waals surface area (Å²) in [6.07, 6.45) is 3.40. The number of anilines is 1. The van der Waals surface area contributed by atoms with Crippen LogP contribution in [0.15, 0.2) is 103 Å². The average Bonchev–Trinajstić information content (AvgIpc) is 2.79. The van der Waals surface area contributed by atoms with Gasteiger partial charge in [0.25, 0.3) is 5.91 Å². The highest BCUT2D eigenvalue weighted by Crippen LogP contribution is 2.27. The van der Waals surface area contributed by atoms with E-state index in [9.17, 15) is 4.79 Å². The van der Waals surface area contributed by atoms with Gasteiger partial charge < -0.3 is 4.90 Å². The van der Waals surface area contributed by atoms with Crippen molar-refractivity contribution < 1.29 is 4.79 Å². The molecule has 0 aliphatic rings. The Kier molecular flexibility index (Phi) is 5.48. The summed E-state index contributed by atoms with van der Waals surface area (Å²) in [6, 6.07) is 30.1. The summed E-state index contributed by atoms with van der Waals surface area (Å²) in [5.41, 5.74) is 5.78. The predicted octanol–water partition coefficient (Wildman–Crippen LogP) is 5.90. The van der Waals surface area contributed by atoms with Crippen LogP contribution < -0.4 is 4.90 Å². The van der Waals surface area contributed by atoms with Crippen LogP contribution >= 0.6 is 0 Å². The van der Waals surface area contributed by atoms with Gasteiger partial charge in [0.1, 0.15) is 0 Å². The summed E-state index contributed by atoms with van der Waals surface area (Å²) in [6.45, 7) is 2.40. The lowest BCUT2D eigenvalue weighted by molar-refractivity contribution is 0.0984. The third-order valence-corrected chi connectivity index (χ3v) is 4.99. The predicted molar refractivity (Wildman–Crippen MR) is 118 cm³/mol. The molecule has 1 aromatic heterocycles. The highest BCUT2D eigenvalue weighted by atomic mass is 16.2. The first-order valence-electron chi connectivity index (χ1n) is 9.65. The third kappa shape index (κ3) is 4.09. The number of hydrogen-bond donors (Lipinski definition) is 0. The van der Waals surface area contributed by atoms with Crippen LogP contribution in [0.1, 0.15) is 21.5 Å². The van der Waals surface area contributed by atoms with Crippen LogP contribution in [0.25, 0.3) is 11.1 Å². The summed E-state index contributed by atoms with van der Waals surface area (Å²) in [5, 5.41) is 0. The van der Waals surface area contributed by atoms with Gasteiger partial charge in [0.15, 0.2) is 0 Å². The van der Waals surface area contributed by atoms with Gasteiger partial charge in [-0.2, -0.15) is 0 Å². The van der Waals surface area contributed by atoms with Gasteiger partial charge in [-0.1, -0.05) is 72.8 Å². The minimum Gasteiger partial charge on any atom is -0.304 e. The molecule has 3 aromatic carbocycles. The first-order valence-corrected chi connectivity index (χ1v) is 9.65. The smallest absolute Gasteiger partial charge is 0.258 e. The normalized spacial score (nSPS) is 10.5. The summed E-state index contributed by atoms with van der Waals surface area (Å²) < 4.78 is 0. The summed E-state index contributed by atoms with van der Waals surface area (Å²) in [5.74, 6) is -0.0287. The summed E-state index contributed by atoms with van der Waals surface area (Å²) >= 11 is 0. The third-order valence-electron chi connectivity index (χ3n) is 4.99. The first kappa shape index (κ1) is 18.6. The molecule has 142 valence electrons. The fourth-order valence-electron chi connectivity index (χ4n) is 3.47. The molecule has 0 bridgehead atoms. The lowest BCUT2D eigenvalue weighted by Crippen LogP contribution is -2.31. The molecule has 1 heterocycles. The maximum atomic E-state index is 13.5. The standard InChI is InChI=1S/C26H22N2O/c1-20-18-27-17-16-24(20)26(29)28(23-13-6-3-7-14-23)19-22-12-8-9-15-25(22)21-10-4-2-5-11-21/h2-18H,19H2,1H3. The van der Waals surface area contributed by atoms with Crippen LogP contribution in [-0.4, -0.2) is 10.9 Å². The molecule has 0 aliphatic heterocycles. The Morgan fingerprint density at radius 3 is 2.21 bits per heavy atom. The van der Waals surface area contributed by atoms with E-state index in [0.717, 1.165) is 27.9 Å². The van der Waals surface area contributed by atoms with Crippen LogP contribution in [-0.2, 0) is 6.54 Å². The van der Waals surface area contributed by atoms with Crippen LogP contribution in [0.3, 0.4) is 0 Å². The number of para-hydroxylation sites is 1. The molecule has 0 fully saturated rings. The van der Waals surface area contributed by atoms with Crippen molar-refractivity contribution in [2.75, 3.05) is 4.90 Å². The molecule has 4 rings (SSSR count). The largest absolute Gasteiger partial charge is 0.304 e. The molecule has 4 aromatic rings. The lowest BCUT2D eigenvalue weighted by atomic mass is 9.99. The van der Waals surface area contributed by atoms with E-state index in [1.54, 1.807) is 18.5 Å².